The number of fused-ring (bicyclic) bond motifs is 4. The number of aromatic amines is 1. The van der Waals surface area contributed by atoms with Crippen molar-refractivity contribution in [1.82, 2.24) is 9.38 Å². The summed E-state index contributed by atoms with van der Waals surface area (Å²) in [5.41, 5.74) is 3.76. The molecule has 0 amide bonds. The Hall–Kier alpha value is -3.66. The molecule has 0 aliphatic rings. The maximum absolute atomic E-state index is 13.3. The molecule has 2 aromatic heterocycles. The van der Waals surface area contributed by atoms with Crippen LogP contribution in [0, 0.1) is 6.92 Å². The van der Waals surface area contributed by atoms with E-state index in [1.807, 2.05) is 67.6 Å². The summed E-state index contributed by atoms with van der Waals surface area (Å²) in [5, 5.41) is 1.96. The van der Waals surface area contributed by atoms with Crippen molar-refractivity contribution in [3.05, 3.63) is 99.1 Å². The van der Waals surface area contributed by atoms with Crippen molar-refractivity contribution < 1.29 is 0 Å². The molecule has 1 N–H and O–H groups in total. The van der Waals surface area contributed by atoms with E-state index in [1.165, 1.54) is 0 Å². The molecule has 27 heavy (non-hydrogen) atoms. The van der Waals surface area contributed by atoms with Gasteiger partial charge in [0.15, 0.2) is 0 Å². The summed E-state index contributed by atoms with van der Waals surface area (Å²) in [7, 11) is 0. The van der Waals surface area contributed by atoms with Gasteiger partial charge in [0.25, 0.3) is 11.1 Å². The van der Waals surface area contributed by atoms with Crippen LogP contribution < -0.4 is 11.1 Å². The first-order chi connectivity index (χ1) is 13.1. The minimum absolute atomic E-state index is 0.135. The molecular weight excluding hydrogens is 336 g/mol. The van der Waals surface area contributed by atoms with E-state index in [4.69, 9.17) is 0 Å². The van der Waals surface area contributed by atoms with E-state index >= 15 is 0 Å². The van der Waals surface area contributed by atoms with E-state index in [0.29, 0.717) is 21.9 Å². The van der Waals surface area contributed by atoms with Crippen LogP contribution in [0.15, 0.2) is 82.4 Å². The van der Waals surface area contributed by atoms with Gasteiger partial charge in [-0.3, -0.25) is 14.0 Å². The molecule has 0 spiro atoms. The second-order valence-electron chi connectivity index (χ2n) is 6.75. The van der Waals surface area contributed by atoms with Crippen LogP contribution in [0.4, 0.5) is 0 Å². The maximum Gasteiger partial charge on any atom is 0.264 e. The third kappa shape index (κ3) is 2.23. The van der Waals surface area contributed by atoms with Gasteiger partial charge in [-0.05, 0) is 36.1 Å². The van der Waals surface area contributed by atoms with Gasteiger partial charge >= 0.3 is 0 Å². The standard InChI is InChI=1S/C23H16N2O2/c1-14-10-12-15(13-11-14)20-16-6-2-3-7-17(16)23(27)25-19-9-5-4-8-18(19)22(26)24-21(20)25/h2-13H,1H3,(H,24,26). The Bertz CT molecular complexity index is 1460. The summed E-state index contributed by atoms with van der Waals surface area (Å²) in [6, 6.07) is 22.8. The first-order valence-electron chi connectivity index (χ1n) is 8.81. The Morgan fingerprint density at radius 2 is 1.37 bits per heavy atom. The number of rotatable bonds is 1. The minimum Gasteiger partial charge on any atom is -0.307 e. The molecule has 0 bridgehead atoms. The Morgan fingerprint density at radius 1 is 0.741 bits per heavy atom. The maximum atomic E-state index is 13.3. The molecular formula is C23H16N2O2. The number of nitrogens with zero attached hydrogens (tertiary/aromatic N) is 1. The Labute approximate surface area is 154 Å². The highest BCUT2D eigenvalue weighted by atomic mass is 16.1. The van der Waals surface area contributed by atoms with Gasteiger partial charge < -0.3 is 4.98 Å². The van der Waals surface area contributed by atoms with E-state index in [-0.39, 0.29) is 11.1 Å². The number of H-pyrrole nitrogens is 1. The zero-order chi connectivity index (χ0) is 18.5. The number of hydrogen-bond acceptors (Lipinski definition) is 2. The van der Waals surface area contributed by atoms with Crippen molar-refractivity contribution in [2.24, 2.45) is 0 Å². The normalized spacial score (nSPS) is 11.4. The predicted molar refractivity (Wildman–Crippen MR) is 109 cm³/mol. The molecule has 5 rings (SSSR count). The number of aromatic nitrogens is 2. The van der Waals surface area contributed by atoms with Crippen LogP contribution in [0.5, 0.6) is 0 Å². The number of aryl methyl sites for hydroxylation is 1. The Balaban J connectivity index is 2.13. The zero-order valence-electron chi connectivity index (χ0n) is 14.7. The summed E-state index contributed by atoms with van der Waals surface area (Å²) in [5.74, 6) is 0. The lowest BCUT2D eigenvalue weighted by atomic mass is 9.98. The first kappa shape index (κ1) is 15.6. The fourth-order valence-electron chi connectivity index (χ4n) is 3.75. The largest absolute Gasteiger partial charge is 0.307 e. The molecule has 0 saturated heterocycles. The fourth-order valence-corrected chi connectivity index (χ4v) is 3.75. The molecule has 4 nitrogen and oxygen atoms in total. The van der Waals surface area contributed by atoms with Crippen molar-refractivity contribution in [3.8, 4) is 11.1 Å². The van der Waals surface area contributed by atoms with Gasteiger partial charge in [0.2, 0.25) is 0 Å². The summed E-state index contributed by atoms with van der Waals surface area (Å²) < 4.78 is 1.62. The molecule has 3 aromatic carbocycles. The number of nitrogens with one attached hydrogen (secondary N) is 1. The Kier molecular flexibility index (Phi) is 3.28. The molecule has 130 valence electrons. The SMILES string of the molecule is Cc1ccc(-c2c3ccccc3c(=O)n3c2[nH]c(=O)c2ccccc23)cc1. The van der Waals surface area contributed by atoms with Gasteiger partial charge in [0.1, 0.15) is 5.65 Å². The van der Waals surface area contributed by atoms with Crippen LogP contribution in [0.25, 0.3) is 38.4 Å². The number of benzene rings is 3. The first-order valence-corrected chi connectivity index (χ1v) is 8.81. The number of para-hydroxylation sites is 1. The average Bonchev–Trinajstić information content (AvgIpc) is 2.70. The van der Waals surface area contributed by atoms with Crippen LogP contribution in [-0.2, 0) is 0 Å². The average molecular weight is 352 g/mol. The predicted octanol–water partition coefficient (Wildman–Crippen LogP) is 4.27. The van der Waals surface area contributed by atoms with E-state index in [0.717, 1.165) is 22.1 Å². The molecule has 0 aliphatic carbocycles. The van der Waals surface area contributed by atoms with Gasteiger partial charge in [0.05, 0.1) is 10.9 Å². The molecule has 0 fully saturated rings. The molecule has 0 aliphatic heterocycles. The topological polar surface area (TPSA) is 54.3 Å². The van der Waals surface area contributed by atoms with Crippen molar-refractivity contribution in [1.29, 1.82) is 0 Å². The quantitative estimate of drug-likeness (QED) is 0.362. The summed E-state index contributed by atoms with van der Waals surface area (Å²) in [6.07, 6.45) is 0. The van der Waals surface area contributed by atoms with E-state index in [9.17, 15) is 9.59 Å². The van der Waals surface area contributed by atoms with Crippen molar-refractivity contribution >= 4 is 27.3 Å². The summed E-state index contributed by atoms with van der Waals surface area (Å²) in [4.78, 5) is 29.0. The second kappa shape index (κ2) is 5.68. The molecule has 4 heteroatoms. The van der Waals surface area contributed by atoms with Crippen LogP contribution in [0.3, 0.4) is 0 Å². The van der Waals surface area contributed by atoms with Crippen molar-refractivity contribution in [2.75, 3.05) is 0 Å². The molecule has 2 heterocycles. The third-order valence-corrected chi connectivity index (χ3v) is 5.05. The highest BCUT2D eigenvalue weighted by Gasteiger charge is 2.16. The number of pyridine rings is 1. The second-order valence-corrected chi connectivity index (χ2v) is 6.75. The van der Waals surface area contributed by atoms with Gasteiger partial charge in [-0.2, -0.15) is 0 Å². The van der Waals surface area contributed by atoms with Gasteiger partial charge in [0, 0.05) is 10.9 Å². The highest BCUT2D eigenvalue weighted by molar-refractivity contribution is 6.03. The molecule has 0 unspecified atom stereocenters. The van der Waals surface area contributed by atoms with Crippen LogP contribution >= 0.6 is 0 Å². The van der Waals surface area contributed by atoms with E-state index in [2.05, 4.69) is 4.98 Å². The van der Waals surface area contributed by atoms with Gasteiger partial charge in [-0.25, -0.2) is 0 Å². The lowest BCUT2D eigenvalue weighted by Gasteiger charge is -2.14. The van der Waals surface area contributed by atoms with Crippen molar-refractivity contribution in [3.63, 3.8) is 0 Å². The van der Waals surface area contributed by atoms with E-state index in [1.54, 1.807) is 16.5 Å². The van der Waals surface area contributed by atoms with Crippen molar-refractivity contribution in [2.45, 2.75) is 6.92 Å². The molecule has 5 aromatic rings. The lowest BCUT2D eigenvalue weighted by Crippen LogP contribution is -2.21. The van der Waals surface area contributed by atoms with E-state index < -0.39 is 0 Å². The lowest BCUT2D eigenvalue weighted by molar-refractivity contribution is 1.11. The van der Waals surface area contributed by atoms with Crippen LogP contribution in [-0.4, -0.2) is 9.38 Å². The van der Waals surface area contributed by atoms with Crippen LogP contribution in [0.2, 0.25) is 0 Å². The van der Waals surface area contributed by atoms with Gasteiger partial charge in [-0.15, -0.1) is 0 Å². The zero-order valence-corrected chi connectivity index (χ0v) is 14.7. The molecule has 0 saturated carbocycles. The smallest absolute Gasteiger partial charge is 0.264 e. The summed E-state index contributed by atoms with van der Waals surface area (Å²) >= 11 is 0. The van der Waals surface area contributed by atoms with Crippen LogP contribution in [0.1, 0.15) is 5.56 Å². The summed E-state index contributed by atoms with van der Waals surface area (Å²) in [6.45, 7) is 2.03. The van der Waals surface area contributed by atoms with Gasteiger partial charge in [-0.1, -0.05) is 60.2 Å². The molecule has 0 atom stereocenters. The molecule has 0 radical (unpaired) electrons. The monoisotopic (exact) mass is 352 g/mol. The minimum atomic E-state index is -0.200. The Morgan fingerprint density at radius 3 is 2.11 bits per heavy atom. The highest BCUT2D eigenvalue weighted by Crippen LogP contribution is 2.31. The number of hydrogen-bond donors (Lipinski definition) is 1. The third-order valence-electron chi connectivity index (χ3n) is 5.05. The fraction of sp³-hybridized carbons (Fsp3) is 0.0435.